The zero-order valence-corrected chi connectivity index (χ0v) is 34.3. The molecule has 5 atom stereocenters. The number of methoxy groups -OCH3 is 1. The van der Waals surface area contributed by atoms with Gasteiger partial charge >= 0.3 is 36.1 Å². The Kier molecular flexibility index (Phi) is 15.1. The summed E-state index contributed by atoms with van der Waals surface area (Å²) in [5.41, 5.74) is 4.86. The van der Waals surface area contributed by atoms with Crippen molar-refractivity contribution in [2.24, 2.45) is 17.8 Å². The number of nitro benzene ring substituents is 1. The number of nitrogens with one attached hydrogen (secondary N) is 1. The van der Waals surface area contributed by atoms with Crippen LogP contribution in [0.1, 0.15) is 53.9 Å². The minimum atomic E-state index is -1.68. The maximum atomic E-state index is 13.0. The highest BCUT2D eigenvalue weighted by atomic mass is 16.7. The Morgan fingerprint density at radius 2 is 1.38 bits per heavy atom. The summed E-state index contributed by atoms with van der Waals surface area (Å²) in [7, 11) is 1.02. The lowest BCUT2D eigenvalue weighted by Crippen LogP contribution is -2.54. The van der Waals surface area contributed by atoms with Crippen LogP contribution in [0, 0.1) is 27.9 Å². The first kappa shape index (κ1) is 46.0. The molecule has 0 bridgehead atoms. The van der Waals surface area contributed by atoms with Gasteiger partial charge in [-0.25, -0.2) is 14.4 Å². The van der Waals surface area contributed by atoms with Crippen LogP contribution in [0.5, 0.6) is 11.5 Å². The summed E-state index contributed by atoms with van der Waals surface area (Å²) in [4.78, 5) is 85.2. The van der Waals surface area contributed by atoms with Crippen LogP contribution in [0.3, 0.4) is 0 Å². The number of alkyl carbamates (subject to hydrolysis) is 1. The van der Waals surface area contributed by atoms with Gasteiger partial charge in [-0.2, -0.15) is 0 Å². The second-order valence-electron chi connectivity index (χ2n) is 15.0. The Morgan fingerprint density at radius 3 is 1.98 bits per heavy atom. The maximum Gasteiger partial charge on any atom is 0.514 e. The molecule has 0 unspecified atom stereocenters. The summed E-state index contributed by atoms with van der Waals surface area (Å²) >= 11 is 0. The predicted molar refractivity (Wildman–Crippen MR) is 220 cm³/mol. The SMILES string of the molecule is COC(=O)[C@H]1O[C@@H](Oc2cc(CCCNC(=O)OCC3c4ccccc4-c4ccccc43)ccc2COC(=O)Oc2ccc([N+](=O)[O-])cc2)[C@H](CC(=O)O)[C@@H](CC(=O)O)[C@@H]1CC(=O)O. The predicted octanol–water partition coefficient (Wildman–Crippen LogP) is 6.33. The number of aliphatic carboxylic acids is 3. The molecule has 336 valence electrons. The fraction of sp³-hybridized carbons (Fsp3) is 0.333. The van der Waals surface area contributed by atoms with Gasteiger partial charge < -0.3 is 49.1 Å². The highest BCUT2D eigenvalue weighted by Crippen LogP contribution is 2.45. The van der Waals surface area contributed by atoms with E-state index in [9.17, 15) is 54.2 Å². The smallest absolute Gasteiger partial charge is 0.481 e. The molecule has 6 rings (SSSR count). The summed E-state index contributed by atoms with van der Waals surface area (Å²) in [5.74, 6) is -9.36. The van der Waals surface area contributed by atoms with E-state index in [1.807, 2.05) is 48.5 Å². The number of esters is 1. The first-order chi connectivity index (χ1) is 30.7. The Labute approximate surface area is 364 Å². The molecule has 1 amide bonds. The number of ether oxygens (including phenoxy) is 6. The number of amides is 1. The van der Waals surface area contributed by atoms with E-state index in [1.54, 1.807) is 6.07 Å². The van der Waals surface area contributed by atoms with E-state index in [4.69, 9.17) is 28.4 Å². The molecule has 4 N–H and O–H groups in total. The van der Waals surface area contributed by atoms with Crippen LogP contribution in [0.4, 0.5) is 15.3 Å². The number of nitro groups is 1. The Bertz CT molecular complexity index is 2340. The molecular formula is C45H44N2O17. The second kappa shape index (κ2) is 21.0. The molecule has 2 aliphatic rings. The number of aryl methyl sites for hydroxylation is 1. The third-order valence-corrected chi connectivity index (χ3v) is 11.0. The first-order valence-electron chi connectivity index (χ1n) is 20.1. The average Bonchev–Trinajstić information content (AvgIpc) is 3.58. The zero-order chi connectivity index (χ0) is 45.9. The third kappa shape index (κ3) is 11.5. The molecule has 19 nitrogen and oxygen atoms in total. The van der Waals surface area contributed by atoms with E-state index in [1.165, 1.54) is 24.3 Å². The van der Waals surface area contributed by atoms with E-state index in [2.05, 4.69) is 5.32 Å². The molecule has 1 fully saturated rings. The van der Waals surface area contributed by atoms with Crippen molar-refractivity contribution in [3.05, 3.63) is 123 Å². The molecular weight excluding hydrogens is 840 g/mol. The number of non-ortho nitro benzene ring substituents is 1. The van der Waals surface area contributed by atoms with Gasteiger partial charge in [0.15, 0.2) is 6.10 Å². The first-order valence-corrected chi connectivity index (χ1v) is 20.1. The van der Waals surface area contributed by atoms with E-state index in [0.29, 0.717) is 18.4 Å². The fourth-order valence-electron chi connectivity index (χ4n) is 8.10. The third-order valence-electron chi connectivity index (χ3n) is 11.0. The number of fused-ring (bicyclic) bond motifs is 3. The van der Waals surface area contributed by atoms with Gasteiger partial charge in [-0.05, 0) is 64.8 Å². The molecule has 1 aliphatic heterocycles. The molecule has 1 heterocycles. The molecule has 0 spiro atoms. The molecule has 0 aromatic heterocycles. The number of carbonyl (C=O) groups excluding carboxylic acids is 3. The number of hydrogen-bond acceptors (Lipinski definition) is 14. The molecule has 0 radical (unpaired) electrons. The molecule has 19 heteroatoms. The molecule has 4 aromatic rings. The zero-order valence-electron chi connectivity index (χ0n) is 34.3. The quantitative estimate of drug-likeness (QED) is 0.0200. The van der Waals surface area contributed by atoms with Gasteiger partial charge in [0, 0.05) is 48.4 Å². The van der Waals surface area contributed by atoms with Gasteiger partial charge in [-0.15, -0.1) is 0 Å². The van der Waals surface area contributed by atoms with Gasteiger partial charge in [0.25, 0.3) is 5.69 Å². The summed E-state index contributed by atoms with van der Waals surface area (Å²) in [6.07, 6.45) is -6.68. The Morgan fingerprint density at radius 1 is 0.766 bits per heavy atom. The molecule has 1 aliphatic carbocycles. The van der Waals surface area contributed by atoms with Crippen molar-refractivity contribution in [1.29, 1.82) is 0 Å². The van der Waals surface area contributed by atoms with Crippen molar-refractivity contribution in [3.8, 4) is 22.6 Å². The standard InChI is InChI=1S/C45H44N2O17/c1-59-42(54)41-34(21-39(50)51)33(20-38(48)49)35(22-40(52)53)43(64-41)63-37-19-25(12-13-26(37)23-61-45(56)62-28-16-14-27(15-17-28)47(57)58)7-6-18-46-44(55)60-24-36-31-10-4-2-8-29(31)30-9-3-5-11-32(30)36/h2-5,8-17,19,33-36,41,43H,6-7,18,20-24H2,1H3,(H,46,55)(H,48,49)(H,50,51)(H,52,53)/t33-,34-,35+,41-,43+/m0/s1. The summed E-state index contributed by atoms with van der Waals surface area (Å²) in [5, 5.41) is 43.2. The molecule has 64 heavy (non-hydrogen) atoms. The van der Waals surface area contributed by atoms with Crippen LogP contribution in [0.25, 0.3) is 11.1 Å². The Balaban J connectivity index is 1.18. The van der Waals surface area contributed by atoms with Gasteiger partial charge in [0.05, 0.1) is 24.9 Å². The minimum Gasteiger partial charge on any atom is -0.481 e. The number of carboxylic acid groups (broad SMARTS) is 3. The van der Waals surface area contributed by atoms with Gasteiger partial charge in [0.1, 0.15) is 24.7 Å². The van der Waals surface area contributed by atoms with Gasteiger partial charge in [0.2, 0.25) is 6.29 Å². The normalized spacial score (nSPS) is 18.7. The monoisotopic (exact) mass is 884 g/mol. The highest BCUT2D eigenvalue weighted by molar-refractivity contribution is 5.79. The topological polar surface area (TPSA) is 274 Å². The number of benzene rings is 4. The number of hydrogen-bond donors (Lipinski definition) is 4. The summed E-state index contributed by atoms with van der Waals surface area (Å²) in [6.45, 7) is -0.193. The van der Waals surface area contributed by atoms with Crippen LogP contribution in [0.15, 0.2) is 91.0 Å². The molecule has 1 saturated heterocycles. The molecule has 4 aromatic carbocycles. The van der Waals surface area contributed by atoms with E-state index >= 15 is 0 Å². The summed E-state index contributed by atoms with van der Waals surface area (Å²) in [6, 6.07) is 25.2. The van der Waals surface area contributed by atoms with Crippen molar-refractivity contribution in [2.45, 2.75) is 57.0 Å². The van der Waals surface area contributed by atoms with Crippen molar-refractivity contribution in [2.75, 3.05) is 20.3 Å². The van der Waals surface area contributed by atoms with Crippen molar-refractivity contribution in [1.82, 2.24) is 5.32 Å². The average molecular weight is 885 g/mol. The second-order valence-corrected chi connectivity index (χ2v) is 15.0. The number of carboxylic acids is 3. The minimum absolute atomic E-state index is 0.0418. The Hall–Kier alpha value is -7.54. The highest BCUT2D eigenvalue weighted by Gasteiger charge is 2.52. The van der Waals surface area contributed by atoms with Crippen molar-refractivity contribution >= 4 is 41.8 Å². The lowest BCUT2D eigenvalue weighted by Gasteiger charge is -2.44. The number of carbonyl (C=O) groups is 6. The van der Waals surface area contributed by atoms with Crippen molar-refractivity contribution < 1.29 is 77.4 Å². The van der Waals surface area contributed by atoms with Crippen LogP contribution in [-0.4, -0.2) is 89.0 Å². The van der Waals surface area contributed by atoms with Crippen LogP contribution >= 0.6 is 0 Å². The van der Waals surface area contributed by atoms with Gasteiger partial charge in [-0.3, -0.25) is 24.5 Å². The largest absolute Gasteiger partial charge is 0.514 e. The van der Waals surface area contributed by atoms with Crippen LogP contribution in [0.2, 0.25) is 0 Å². The summed E-state index contributed by atoms with van der Waals surface area (Å²) < 4.78 is 33.2. The van der Waals surface area contributed by atoms with Crippen LogP contribution in [-0.2, 0) is 51.2 Å². The van der Waals surface area contributed by atoms with E-state index in [-0.39, 0.29) is 41.8 Å². The van der Waals surface area contributed by atoms with Crippen molar-refractivity contribution in [3.63, 3.8) is 0 Å². The molecule has 0 saturated carbocycles. The van der Waals surface area contributed by atoms with Gasteiger partial charge in [-0.1, -0.05) is 60.7 Å². The number of nitrogens with zero attached hydrogens (tertiary/aromatic N) is 1. The maximum absolute atomic E-state index is 13.0. The van der Waals surface area contributed by atoms with E-state index in [0.717, 1.165) is 41.5 Å². The van der Waals surface area contributed by atoms with E-state index < -0.39 is 97.1 Å². The number of rotatable bonds is 19. The van der Waals surface area contributed by atoms with Crippen LogP contribution < -0.4 is 14.8 Å². The fourth-order valence-corrected chi connectivity index (χ4v) is 8.10. The lowest BCUT2D eigenvalue weighted by molar-refractivity contribution is -0.384. The lowest BCUT2D eigenvalue weighted by atomic mass is 9.71.